The number of nitrogens with zero attached hydrogens (tertiary/aromatic N) is 2. The predicted octanol–water partition coefficient (Wildman–Crippen LogP) is 3.90. The lowest BCUT2D eigenvalue weighted by atomic mass is 9.97. The van der Waals surface area contributed by atoms with Gasteiger partial charge in [0.05, 0.1) is 18.0 Å². The number of anilines is 1. The van der Waals surface area contributed by atoms with Crippen LogP contribution >= 0.6 is 11.3 Å². The van der Waals surface area contributed by atoms with Gasteiger partial charge in [0.25, 0.3) is 0 Å². The third-order valence-electron chi connectivity index (χ3n) is 4.75. The summed E-state index contributed by atoms with van der Waals surface area (Å²) in [6.45, 7) is -0.279. The van der Waals surface area contributed by atoms with E-state index >= 15 is 0 Å². The Morgan fingerprint density at radius 1 is 1.19 bits per heavy atom. The maximum absolute atomic E-state index is 12.3. The number of rotatable bonds is 5. The van der Waals surface area contributed by atoms with E-state index in [0.717, 1.165) is 22.1 Å². The predicted molar refractivity (Wildman–Crippen MR) is 121 cm³/mol. The highest BCUT2D eigenvalue weighted by Gasteiger charge is 2.15. The van der Waals surface area contributed by atoms with Crippen LogP contribution in [0, 0.1) is 12.3 Å². The zero-order valence-electron chi connectivity index (χ0n) is 16.2. The van der Waals surface area contributed by atoms with Crippen molar-refractivity contribution in [1.82, 2.24) is 15.3 Å². The summed E-state index contributed by atoms with van der Waals surface area (Å²) in [6, 6.07) is 13.9. The van der Waals surface area contributed by atoms with Crippen LogP contribution in [0.15, 0.2) is 60.1 Å². The van der Waals surface area contributed by atoms with Gasteiger partial charge in [-0.3, -0.25) is 5.32 Å². The van der Waals surface area contributed by atoms with E-state index in [4.69, 9.17) is 6.42 Å². The molecule has 1 unspecified atom stereocenters. The Morgan fingerprint density at radius 3 is 2.71 bits per heavy atom. The van der Waals surface area contributed by atoms with Gasteiger partial charge in [-0.05, 0) is 34.1 Å². The number of nitrogens with one attached hydrogen (secondary N) is 2. The van der Waals surface area contributed by atoms with Gasteiger partial charge in [-0.2, -0.15) is 0 Å². The number of aliphatic hydroxyl groups is 1. The fourth-order valence-corrected chi connectivity index (χ4v) is 3.84. The number of fused-ring (bicyclic) bond motifs is 1. The number of carbonyl (C=O) groups is 1. The van der Waals surface area contributed by atoms with Crippen LogP contribution in [0.4, 0.5) is 10.6 Å². The van der Waals surface area contributed by atoms with Crippen molar-refractivity contribution in [2.45, 2.75) is 6.04 Å². The number of urea groups is 1. The van der Waals surface area contributed by atoms with Gasteiger partial charge in [-0.1, -0.05) is 42.5 Å². The summed E-state index contributed by atoms with van der Waals surface area (Å²) in [6.07, 6.45) is 6.85. The maximum Gasteiger partial charge on any atom is 0.320 e. The molecule has 1 atom stereocenters. The molecule has 2 aromatic carbocycles. The number of aromatic hydroxyl groups is 1. The third kappa shape index (κ3) is 4.33. The Hall–Kier alpha value is -3.93. The van der Waals surface area contributed by atoms with Crippen LogP contribution in [0.1, 0.15) is 16.6 Å². The van der Waals surface area contributed by atoms with Gasteiger partial charge >= 0.3 is 6.03 Å². The third-order valence-corrected chi connectivity index (χ3v) is 5.53. The van der Waals surface area contributed by atoms with E-state index in [9.17, 15) is 15.0 Å². The number of hydrogen-bond acceptors (Lipinski definition) is 6. The van der Waals surface area contributed by atoms with E-state index in [1.807, 2.05) is 48.5 Å². The molecule has 0 aliphatic heterocycles. The lowest BCUT2D eigenvalue weighted by Crippen LogP contribution is -2.34. The van der Waals surface area contributed by atoms with Crippen LogP contribution in [0.5, 0.6) is 5.88 Å². The van der Waals surface area contributed by atoms with Crippen LogP contribution in [-0.2, 0) is 0 Å². The Labute approximate surface area is 182 Å². The first-order chi connectivity index (χ1) is 15.1. The molecular weight excluding hydrogens is 412 g/mol. The highest BCUT2D eigenvalue weighted by molar-refractivity contribution is 7.10. The zero-order chi connectivity index (χ0) is 21.8. The molecule has 0 saturated heterocycles. The largest absolute Gasteiger partial charge is 0.493 e. The molecule has 4 aromatic rings. The number of carbonyl (C=O) groups excluding carboxylic acids is 1. The molecule has 0 saturated carbocycles. The minimum absolute atomic E-state index is 0.0289. The average molecular weight is 430 g/mol. The second-order valence-electron chi connectivity index (χ2n) is 6.68. The Bertz CT molecular complexity index is 1270. The highest BCUT2D eigenvalue weighted by atomic mass is 32.1. The van der Waals surface area contributed by atoms with Crippen molar-refractivity contribution in [2.75, 3.05) is 11.9 Å². The second-order valence-corrected chi connectivity index (χ2v) is 7.53. The molecule has 2 amide bonds. The normalized spacial score (nSPS) is 11.6. The number of thiazole rings is 1. The smallest absolute Gasteiger partial charge is 0.320 e. The van der Waals surface area contributed by atoms with Gasteiger partial charge in [0.15, 0.2) is 5.01 Å². The molecular formula is C23H18N4O3S. The first-order valence-corrected chi connectivity index (χ1v) is 10.2. The number of pyridine rings is 1. The van der Waals surface area contributed by atoms with E-state index in [-0.39, 0.29) is 12.5 Å². The van der Waals surface area contributed by atoms with E-state index < -0.39 is 12.1 Å². The van der Waals surface area contributed by atoms with Crippen molar-refractivity contribution in [3.8, 4) is 29.4 Å². The van der Waals surface area contributed by atoms with Crippen molar-refractivity contribution >= 4 is 34.0 Å². The van der Waals surface area contributed by atoms with Gasteiger partial charge in [0.2, 0.25) is 5.88 Å². The molecule has 154 valence electrons. The summed E-state index contributed by atoms with van der Waals surface area (Å²) in [5.74, 6) is 2.73. The topological polar surface area (TPSA) is 107 Å². The van der Waals surface area contributed by atoms with Crippen LogP contribution in [0.25, 0.3) is 21.9 Å². The van der Waals surface area contributed by atoms with Crippen molar-refractivity contribution < 1.29 is 15.0 Å². The number of amides is 2. The summed E-state index contributed by atoms with van der Waals surface area (Å²) in [4.78, 5) is 20.3. The van der Waals surface area contributed by atoms with Crippen molar-refractivity contribution in [3.05, 3.63) is 70.7 Å². The van der Waals surface area contributed by atoms with Crippen molar-refractivity contribution in [3.63, 3.8) is 0 Å². The monoisotopic (exact) mass is 430 g/mol. The lowest BCUT2D eigenvalue weighted by Gasteiger charge is -2.17. The van der Waals surface area contributed by atoms with E-state index in [1.54, 1.807) is 11.6 Å². The molecule has 31 heavy (non-hydrogen) atoms. The summed E-state index contributed by atoms with van der Waals surface area (Å²) in [7, 11) is 0. The molecule has 7 nitrogen and oxygen atoms in total. The Kier molecular flexibility index (Phi) is 5.80. The van der Waals surface area contributed by atoms with Crippen LogP contribution in [0.3, 0.4) is 0 Å². The van der Waals surface area contributed by atoms with E-state index in [1.165, 1.54) is 11.3 Å². The molecule has 4 rings (SSSR count). The summed E-state index contributed by atoms with van der Waals surface area (Å²) in [5.41, 5.74) is 2.45. The number of aliphatic hydroxyl groups excluding tert-OH is 1. The minimum Gasteiger partial charge on any atom is -0.493 e. The molecule has 0 fully saturated rings. The summed E-state index contributed by atoms with van der Waals surface area (Å²) in [5, 5.41) is 29.0. The maximum atomic E-state index is 12.3. The molecule has 2 aromatic heterocycles. The van der Waals surface area contributed by atoms with Crippen LogP contribution in [-0.4, -0.2) is 32.8 Å². The highest BCUT2D eigenvalue weighted by Crippen LogP contribution is 2.33. The van der Waals surface area contributed by atoms with Crippen molar-refractivity contribution in [1.29, 1.82) is 0 Å². The summed E-state index contributed by atoms with van der Waals surface area (Å²) < 4.78 is 0. The number of hydrogen-bond donors (Lipinski definition) is 4. The zero-order valence-corrected chi connectivity index (χ0v) is 17.1. The summed E-state index contributed by atoms with van der Waals surface area (Å²) >= 11 is 1.25. The Morgan fingerprint density at radius 2 is 2.00 bits per heavy atom. The lowest BCUT2D eigenvalue weighted by molar-refractivity contribution is 0.225. The molecule has 0 aliphatic carbocycles. The van der Waals surface area contributed by atoms with Gasteiger partial charge in [0.1, 0.15) is 5.82 Å². The second kappa shape index (κ2) is 8.83. The van der Waals surface area contributed by atoms with E-state index in [0.29, 0.717) is 16.2 Å². The first kappa shape index (κ1) is 20.3. The Balaban J connectivity index is 1.53. The molecule has 2 heterocycles. The fraction of sp³-hybridized carbons (Fsp3) is 0.0870. The molecule has 0 radical (unpaired) electrons. The van der Waals surface area contributed by atoms with Crippen LogP contribution in [0.2, 0.25) is 0 Å². The fourth-order valence-electron chi connectivity index (χ4n) is 3.29. The van der Waals surface area contributed by atoms with Gasteiger partial charge in [-0.25, -0.2) is 14.8 Å². The van der Waals surface area contributed by atoms with Gasteiger partial charge in [0, 0.05) is 11.6 Å². The van der Waals surface area contributed by atoms with Gasteiger partial charge < -0.3 is 15.5 Å². The van der Waals surface area contributed by atoms with E-state index in [2.05, 4.69) is 26.5 Å². The molecule has 0 aliphatic rings. The first-order valence-electron chi connectivity index (χ1n) is 9.36. The van der Waals surface area contributed by atoms with Gasteiger partial charge in [-0.15, -0.1) is 17.8 Å². The standard InChI is InChI=1S/C23H18N4O3S/c1-2-20-26-19(13-31-20)27-23(30)25-18(12-28)15-8-6-14(7-9-15)17-5-3-4-16-10-11-24-22(29)21(16)17/h1,3-11,13,18,28H,12H2,(H,24,29)(H2,25,27,30). The average Bonchev–Trinajstić information content (AvgIpc) is 3.25. The SMILES string of the molecule is C#Cc1nc(NC(=O)NC(CO)c2ccc(-c3cccc4ccnc(O)c34)cc2)cs1. The molecule has 0 spiro atoms. The minimum atomic E-state index is -0.609. The van der Waals surface area contributed by atoms with Crippen LogP contribution < -0.4 is 10.6 Å². The van der Waals surface area contributed by atoms with Crippen molar-refractivity contribution in [2.24, 2.45) is 0 Å². The quantitative estimate of drug-likeness (QED) is 0.359. The molecule has 4 N–H and O–H groups in total. The number of terminal acetylenes is 1. The molecule has 8 heteroatoms. The number of aromatic nitrogens is 2. The number of benzene rings is 2. The molecule has 0 bridgehead atoms.